The molecular weight excluding hydrogens is 262 g/mol. The number of hydrogen-bond donors (Lipinski definition) is 1. The lowest BCUT2D eigenvalue weighted by Gasteiger charge is -2.03. The van der Waals surface area contributed by atoms with E-state index in [-0.39, 0.29) is 10.6 Å². The van der Waals surface area contributed by atoms with E-state index >= 15 is 0 Å². The van der Waals surface area contributed by atoms with Crippen molar-refractivity contribution in [3.05, 3.63) is 56.0 Å². The highest BCUT2D eigenvalue weighted by Gasteiger charge is 2.03. The van der Waals surface area contributed by atoms with E-state index in [2.05, 4.69) is 10.3 Å². The van der Waals surface area contributed by atoms with Gasteiger partial charge in [-0.1, -0.05) is 12.1 Å². The molecule has 0 atom stereocenters. The number of thiazole rings is 1. The number of aromatic nitrogens is 1. The lowest BCUT2D eigenvalue weighted by Crippen LogP contribution is -2.15. The molecule has 0 saturated carbocycles. The first kappa shape index (κ1) is 13.6. The molecule has 0 unspecified atom stereocenters. The van der Waals surface area contributed by atoms with Crippen LogP contribution in [-0.2, 0) is 13.0 Å². The molecule has 0 radical (unpaired) electrons. The number of rotatable bonds is 6. The first-order valence-corrected chi connectivity index (χ1v) is 6.82. The molecule has 0 aliphatic rings. The summed E-state index contributed by atoms with van der Waals surface area (Å²) in [6, 6.07) is 6.69. The van der Waals surface area contributed by atoms with Gasteiger partial charge in [-0.3, -0.25) is 10.1 Å². The fourth-order valence-electron chi connectivity index (χ4n) is 1.72. The second kappa shape index (κ2) is 6.40. The van der Waals surface area contributed by atoms with Crippen LogP contribution in [0.4, 0.5) is 5.69 Å². The second-order valence-electron chi connectivity index (χ2n) is 4.20. The maximum Gasteiger partial charge on any atom is 0.269 e. The normalized spacial score (nSPS) is 10.6. The van der Waals surface area contributed by atoms with Crippen LogP contribution in [-0.4, -0.2) is 16.5 Å². The lowest BCUT2D eigenvalue weighted by molar-refractivity contribution is -0.384. The summed E-state index contributed by atoms with van der Waals surface area (Å²) in [5, 5.41) is 14.9. The number of nitrogens with one attached hydrogen (secondary N) is 1. The van der Waals surface area contributed by atoms with Gasteiger partial charge in [-0.05, 0) is 25.5 Å². The molecule has 0 spiro atoms. The Bertz CT molecular complexity index is 551. The topological polar surface area (TPSA) is 68.1 Å². The van der Waals surface area contributed by atoms with E-state index in [1.807, 2.05) is 13.1 Å². The predicted molar refractivity (Wildman–Crippen MR) is 75.4 cm³/mol. The highest BCUT2D eigenvalue weighted by Crippen LogP contribution is 2.12. The van der Waals surface area contributed by atoms with Gasteiger partial charge in [-0.2, -0.15) is 0 Å². The molecule has 0 aliphatic carbocycles. The van der Waals surface area contributed by atoms with Crippen molar-refractivity contribution >= 4 is 17.0 Å². The van der Waals surface area contributed by atoms with Crippen LogP contribution in [0.5, 0.6) is 0 Å². The largest absolute Gasteiger partial charge is 0.311 e. The summed E-state index contributed by atoms with van der Waals surface area (Å²) < 4.78 is 0. The molecular formula is C13H15N3O2S. The van der Waals surface area contributed by atoms with E-state index in [1.54, 1.807) is 35.6 Å². The third kappa shape index (κ3) is 4.11. The average Bonchev–Trinajstić information content (AvgIpc) is 2.81. The van der Waals surface area contributed by atoms with Gasteiger partial charge in [-0.15, -0.1) is 11.3 Å². The summed E-state index contributed by atoms with van der Waals surface area (Å²) in [5.74, 6) is 0. The standard InChI is InChI=1S/C13H15N3O2S/c1-10-15-9-13(19-10)8-14-7-6-11-2-4-12(5-3-11)16(17)18/h2-5,9,14H,6-8H2,1H3. The molecule has 6 heteroatoms. The molecule has 5 nitrogen and oxygen atoms in total. The quantitative estimate of drug-likeness (QED) is 0.501. The zero-order chi connectivity index (χ0) is 13.7. The third-order valence-electron chi connectivity index (χ3n) is 2.71. The van der Waals surface area contributed by atoms with Gasteiger partial charge in [0.1, 0.15) is 0 Å². The molecule has 0 amide bonds. The molecule has 0 bridgehead atoms. The van der Waals surface area contributed by atoms with Crippen LogP contribution in [0.25, 0.3) is 0 Å². The molecule has 1 aromatic heterocycles. The van der Waals surface area contributed by atoms with Crippen LogP contribution in [0, 0.1) is 17.0 Å². The van der Waals surface area contributed by atoms with Gasteiger partial charge in [-0.25, -0.2) is 4.98 Å². The lowest BCUT2D eigenvalue weighted by atomic mass is 10.1. The maximum atomic E-state index is 10.5. The van der Waals surface area contributed by atoms with Crippen molar-refractivity contribution in [2.24, 2.45) is 0 Å². The van der Waals surface area contributed by atoms with Gasteiger partial charge in [0, 0.05) is 29.8 Å². The summed E-state index contributed by atoms with van der Waals surface area (Å²) in [5.41, 5.74) is 1.23. The summed E-state index contributed by atoms with van der Waals surface area (Å²) in [7, 11) is 0. The van der Waals surface area contributed by atoms with E-state index in [4.69, 9.17) is 0 Å². The molecule has 0 fully saturated rings. The van der Waals surface area contributed by atoms with Crippen molar-refractivity contribution in [3.63, 3.8) is 0 Å². The van der Waals surface area contributed by atoms with Crippen molar-refractivity contribution in [1.82, 2.24) is 10.3 Å². The number of nitrogens with zero attached hydrogens (tertiary/aromatic N) is 2. The van der Waals surface area contributed by atoms with E-state index < -0.39 is 0 Å². The maximum absolute atomic E-state index is 10.5. The van der Waals surface area contributed by atoms with Gasteiger partial charge in [0.2, 0.25) is 0 Å². The fourth-order valence-corrected chi connectivity index (χ4v) is 2.48. The van der Waals surface area contributed by atoms with Gasteiger partial charge in [0.15, 0.2) is 0 Å². The van der Waals surface area contributed by atoms with Gasteiger partial charge in [0.25, 0.3) is 5.69 Å². The Morgan fingerprint density at radius 1 is 1.37 bits per heavy atom. The van der Waals surface area contributed by atoms with Crippen molar-refractivity contribution in [1.29, 1.82) is 0 Å². The smallest absolute Gasteiger partial charge is 0.269 e. The minimum Gasteiger partial charge on any atom is -0.311 e. The molecule has 1 N–H and O–H groups in total. The molecule has 1 heterocycles. The number of nitro benzene ring substituents is 1. The Morgan fingerprint density at radius 3 is 2.68 bits per heavy atom. The second-order valence-corrected chi connectivity index (χ2v) is 5.52. The first-order valence-electron chi connectivity index (χ1n) is 6.00. The fraction of sp³-hybridized carbons (Fsp3) is 0.308. The molecule has 1 aromatic carbocycles. The Kier molecular flexibility index (Phi) is 4.59. The van der Waals surface area contributed by atoms with Crippen molar-refractivity contribution in [3.8, 4) is 0 Å². The van der Waals surface area contributed by atoms with Crippen LogP contribution in [0.2, 0.25) is 0 Å². The van der Waals surface area contributed by atoms with Crippen LogP contribution < -0.4 is 5.32 Å². The molecule has 2 rings (SSSR count). The molecule has 0 aliphatic heterocycles. The van der Waals surface area contributed by atoms with Gasteiger partial charge < -0.3 is 5.32 Å². The van der Waals surface area contributed by atoms with E-state index in [0.717, 1.165) is 30.1 Å². The Morgan fingerprint density at radius 2 is 2.11 bits per heavy atom. The van der Waals surface area contributed by atoms with E-state index in [0.29, 0.717) is 0 Å². The number of benzene rings is 1. The van der Waals surface area contributed by atoms with Crippen LogP contribution in [0.15, 0.2) is 30.5 Å². The van der Waals surface area contributed by atoms with Crippen molar-refractivity contribution in [2.45, 2.75) is 19.9 Å². The van der Waals surface area contributed by atoms with E-state index in [9.17, 15) is 10.1 Å². The summed E-state index contributed by atoms with van der Waals surface area (Å²) in [6.45, 7) is 3.65. The molecule has 0 saturated heterocycles. The van der Waals surface area contributed by atoms with Crippen LogP contribution >= 0.6 is 11.3 Å². The number of hydrogen-bond acceptors (Lipinski definition) is 5. The summed E-state index contributed by atoms with van der Waals surface area (Å²) in [6.07, 6.45) is 2.74. The Balaban J connectivity index is 1.75. The van der Waals surface area contributed by atoms with Gasteiger partial charge >= 0.3 is 0 Å². The average molecular weight is 277 g/mol. The Hall–Kier alpha value is -1.79. The minimum atomic E-state index is -0.381. The van der Waals surface area contributed by atoms with Crippen molar-refractivity contribution < 1.29 is 4.92 Å². The molecule has 2 aromatic rings. The predicted octanol–water partition coefficient (Wildman–Crippen LogP) is 2.69. The SMILES string of the molecule is Cc1ncc(CNCCc2ccc([N+](=O)[O-])cc2)s1. The highest BCUT2D eigenvalue weighted by atomic mass is 32.1. The van der Waals surface area contributed by atoms with Gasteiger partial charge in [0.05, 0.1) is 9.93 Å². The number of nitro groups is 1. The number of aryl methyl sites for hydroxylation is 1. The highest BCUT2D eigenvalue weighted by molar-refractivity contribution is 7.11. The van der Waals surface area contributed by atoms with Crippen molar-refractivity contribution in [2.75, 3.05) is 6.54 Å². The zero-order valence-corrected chi connectivity index (χ0v) is 11.4. The molecule has 19 heavy (non-hydrogen) atoms. The summed E-state index contributed by atoms with van der Waals surface area (Å²) in [4.78, 5) is 15.6. The third-order valence-corrected chi connectivity index (χ3v) is 3.62. The summed E-state index contributed by atoms with van der Waals surface area (Å²) >= 11 is 1.69. The minimum absolute atomic E-state index is 0.136. The van der Waals surface area contributed by atoms with Crippen LogP contribution in [0.3, 0.4) is 0 Å². The first-order chi connectivity index (χ1) is 9.15. The van der Waals surface area contributed by atoms with Crippen LogP contribution in [0.1, 0.15) is 15.4 Å². The molecule has 100 valence electrons. The Labute approximate surface area is 115 Å². The number of non-ortho nitro benzene ring substituents is 1. The van der Waals surface area contributed by atoms with E-state index in [1.165, 1.54) is 4.88 Å². The zero-order valence-electron chi connectivity index (χ0n) is 10.6. The monoisotopic (exact) mass is 277 g/mol.